The minimum atomic E-state index is -0.822. The highest BCUT2D eigenvalue weighted by molar-refractivity contribution is 6.43. The topological polar surface area (TPSA) is 48.3 Å². The Kier molecular flexibility index (Phi) is 3.69. The lowest BCUT2D eigenvalue weighted by Crippen LogP contribution is -2.15. The highest BCUT2D eigenvalue weighted by atomic mass is 16.5. The van der Waals surface area contributed by atoms with Gasteiger partial charge in [0.25, 0.3) is 5.78 Å². The average Bonchev–Trinajstić information content (AvgIpc) is 2.84. The molecule has 4 nitrogen and oxygen atoms in total. The van der Waals surface area contributed by atoms with Gasteiger partial charge in [-0.3, -0.25) is 4.79 Å². The Balaban J connectivity index is 2.70. The van der Waals surface area contributed by atoms with Crippen LogP contribution < -0.4 is 0 Å². The van der Waals surface area contributed by atoms with Crippen LogP contribution in [0.1, 0.15) is 29.8 Å². The molecule has 0 radical (unpaired) electrons. The quantitative estimate of drug-likeness (QED) is 0.481. The lowest BCUT2D eigenvalue weighted by Gasteiger charge is -2.05. The summed E-state index contributed by atoms with van der Waals surface area (Å²) in [5.41, 5.74) is 2.61. The van der Waals surface area contributed by atoms with Crippen molar-refractivity contribution >= 4 is 22.7 Å². The number of rotatable bonds is 4. The van der Waals surface area contributed by atoms with Gasteiger partial charge >= 0.3 is 5.97 Å². The molecule has 0 amide bonds. The number of fused-ring (bicyclic) bond motifs is 1. The second-order valence-corrected chi connectivity index (χ2v) is 4.32. The van der Waals surface area contributed by atoms with Gasteiger partial charge in [0.2, 0.25) is 0 Å². The van der Waals surface area contributed by atoms with Crippen molar-refractivity contribution in [3.63, 3.8) is 0 Å². The van der Waals surface area contributed by atoms with Crippen LogP contribution in [0.3, 0.4) is 0 Å². The van der Waals surface area contributed by atoms with Gasteiger partial charge in [0.1, 0.15) is 0 Å². The van der Waals surface area contributed by atoms with Crippen molar-refractivity contribution in [3.05, 3.63) is 35.5 Å². The maximum Gasteiger partial charge on any atom is 0.379 e. The first kappa shape index (κ1) is 13.3. The van der Waals surface area contributed by atoms with Gasteiger partial charge in [-0.1, -0.05) is 25.1 Å². The first-order chi connectivity index (χ1) is 9.13. The molecule has 1 aromatic carbocycles. The zero-order valence-corrected chi connectivity index (χ0v) is 11.4. The molecule has 0 saturated carbocycles. The van der Waals surface area contributed by atoms with Gasteiger partial charge in [-0.05, 0) is 18.9 Å². The van der Waals surface area contributed by atoms with E-state index >= 15 is 0 Å². The van der Waals surface area contributed by atoms with Crippen molar-refractivity contribution in [1.29, 1.82) is 0 Å². The molecule has 0 aliphatic carbocycles. The van der Waals surface area contributed by atoms with Crippen molar-refractivity contribution < 1.29 is 14.3 Å². The van der Waals surface area contributed by atoms with Crippen LogP contribution in [0.4, 0.5) is 0 Å². The second kappa shape index (κ2) is 5.26. The van der Waals surface area contributed by atoms with Crippen LogP contribution >= 0.6 is 0 Å². The van der Waals surface area contributed by atoms with Gasteiger partial charge in [0, 0.05) is 18.1 Å². The highest BCUT2D eigenvalue weighted by Gasteiger charge is 2.22. The molecule has 0 saturated heterocycles. The molecule has 0 aliphatic rings. The predicted octanol–water partition coefficient (Wildman–Crippen LogP) is 2.58. The van der Waals surface area contributed by atoms with E-state index in [2.05, 4.69) is 11.7 Å². The number of esters is 1. The second-order valence-electron chi connectivity index (χ2n) is 4.32. The molecule has 0 atom stereocenters. The summed E-state index contributed by atoms with van der Waals surface area (Å²) in [6.45, 7) is 4.84. The van der Waals surface area contributed by atoms with Gasteiger partial charge in [-0.15, -0.1) is 0 Å². The average molecular weight is 259 g/mol. The molecule has 1 heterocycles. The number of Topliss-reactive ketones (excluding diaryl/α,β-unsaturated/α-hetero) is 1. The number of aromatic nitrogens is 1. The summed E-state index contributed by atoms with van der Waals surface area (Å²) in [6, 6.07) is 5.83. The Morgan fingerprint density at radius 2 is 2.00 bits per heavy atom. The Hall–Kier alpha value is -2.10. The maximum atomic E-state index is 12.0. The number of ether oxygens (including phenoxy) is 1. The molecule has 2 rings (SSSR count). The number of ketones is 1. The molecule has 0 spiro atoms. The van der Waals surface area contributed by atoms with E-state index in [1.807, 2.05) is 29.7 Å². The largest absolute Gasteiger partial charge is 0.463 e. The van der Waals surface area contributed by atoms with Crippen molar-refractivity contribution in [1.82, 2.24) is 4.57 Å². The van der Waals surface area contributed by atoms with Crippen LogP contribution in [-0.2, 0) is 22.5 Å². The summed E-state index contributed by atoms with van der Waals surface area (Å²) in [7, 11) is 1.22. The molecule has 0 bridgehead atoms. The minimum absolute atomic E-state index is 0.416. The van der Waals surface area contributed by atoms with Crippen LogP contribution in [-0.4, -0.2) is 23.4 Å². The van der Waals surface area contributed by atoms with E-state index in [4.69, 9.17) is 0 Å². The lowest BCUT2D eigenvalue weighted by molar-refractivity contribution is -0.135. The fourth-order valence-electron chi connectivity index (χ4n) is 2.36. The van der Waals surface area contributed by atoms with Gasteiger partial charge in [0.15, 0.2) is 0 Å². The monoisotopic (exact) mass is 259 g/mol. The number of carbonyl (C=O) groups is 2. The molecule has 0 unspecified atom stereocenters. The Morgan fingerprint density at radius 3 is 2.58 bits per heavy atom. The maximum absolute atomic E-state index is 12.0. The summed E-state index contributed by atoms with van der Waals surface area (Å²) >= 11 is 0. The first-order valence-corrected chi connectivity index (χ1v) is 6.37. The van der Waals surface area contributed by atoms with Gasteiger partial charge < -0.3 is 9.30 Å². The van der Waals surface area contributed by atoms with E-state index in [0.717, 1.165) is 23.9 Å². The normalized spacial score (nSPS) is 10.7. The van der Waals surface area contributed by atoms with Crippen LogP contribution in [0, 0.1) is 0 Å². The Morgan fingerprint density at radius 1 is 1.26 bits per heavy atom. The van der Waals surface area contributed by atoms with E-state index < -0.39 is 11.8 Å². The van der Waals surface area contributed by atoms with Crippen molar-refractivity contribution in [2.24, 2.45) is 0 Å². The Bertz CT molecular complexity index is 640. The third-order valence-corrected chi connectivity index (χ3v) is 3.32. The van der Waals surface area contributed by atoms with Crippen molar-refractivity contribution in [3.8, 4) is 0 Å². The SMILES string of the molecule is CCc1cccc2c(C(=O)C(=O)OC)cn(CC)c12. The zero-order valence-electron chi connectivity index (χ0n) is 11.4. The zero-order chi connectivity index (χ0) is 14.0. The summed E-state index contributed by atoms with van der Waals surface area (Å²) in [4.78, 5) is 23.5. The molecule has 0 aliphatic heterocycles. The van der Waals surface area contributed by atoms with E-state index in [1.165, 1.54) is 12.7 Å². The molecule has 19 heavy (non-hydrogen) atoms. The molecule has 0 fully saturated rings. The highest BCUT2D eigenvalue weighted by Crippen LogP contribution is 2.26. The number of aryl methyl sites for hydroxylation is 2. The summed E-state index contributed by atoms with van der Waals surface area (Å²) in [6.07, 6.45) is 2.62. The number of hydrogen-bond acceptors (Lipinski definition) is 3. The van der Waals surface area contributed by atoms with E-state index in [-0.39, 0.29) is 0 Å². The fraction of sp³-hybridized carbons (Fsp3) is 0.333. The van der Waals surface area contributed by atoms with E-state index in [1.54, 1.807) is 6.20 Å². The molecule has 100 valence electrons. The molecule has 4 heteroatoms. The number of methoxy groups -OCH3 is 1. The smallest absolute Gasteiger partial charge is 0.379 e. The summed E-state index contributed by atoms with van der Waals surface area (Å²) in [5, 5.41) is 0.816. The number of benzene rings is 1. The molecule has 2 aromatic rings. The number of carbonyl (C=O) groups excluding carboxylic acids is 2. The fourth-order valence-corrected chi connectivity index (χ4v) is 2.36. The van der Waals surface area contributed by atoms with E-state index in [0.29, 0.717) is 5.56 Å². The van der Waals surface area contributed by atoms with Crippen molar-refractivity contribution in [2.45, 2.75) is 26.8 Å². The molecule has 0 N–H and O–H groups in total. The number of hydrogen-bond donors (Lipinski definition) is 0. The van der Waals surface area contributed by atoms with E-state index in [9.17, 15) is 9.59 Å². The van der Waals surface area contributed by atoms with Gasteiger partial charge in [-0.2, -0.15) is 0 Å². The summed E-state index contributed by atoms with van der Waals surface area (Å²) in [5.74, 6) is -1.41. The minimum Gasteiger partial charge on any atom is -0.463 e. The first-order valence-electron chi connectivity index (χ1n) is 6.37. The van der Waals surface area contributed by atoms with Gasteiger partial charge in [-0.25, -0.2) is 4.79 Å². The summed E-state index contributed by atoms with van der Waals surface area (Å²) < 4.78 is 6.52. The molecular formula is C15H17NO3. The number of para-hydroxylation sites is 1. The Labute approximate surface area is 112 Å². The number of nitrogens with zero attached hydrogens (tertiary/aromatic N) is 1. The van der Waals surface area contributed by atoms with Crippen LogP contribution in [0.5, 0.6) is 0 Å². The van der Waals surface area contributed by atoms with Crippen LogP contribution in [0.2, 0.25) is 0 Å². The van der Waals surface area contributed by atoms with Gasteiger partial charge in [0.05, 0.1) is 18.2 Å². The van der Waals surface area contributed by atoms with Crippen LogP contribution in [0.25, 0.3) is 10.9 Å². The van der Waals surface area contributed by atoms with Crippen LogP contribution in [0.15, 0.2) is 24.4 Å². The third-order valence-electron chi connectivity index (χ3n) is 3.32. The predicted molar refractivity (Wildman–Crippen MR) is 73.3 cm³/mol. The lowest BCUT2D eigenvalue weighted by atomic mass is 10.0. The molecule has 1 aromatic heterocycles. The standard InChI is InChI=1S/C15H17NO3/c1-4-10-7-6-8-11-12(14(17)15(18)19-3)9-16(5-2)13(10)11/h6-9H,4-5H2,1-3H3. The van der Waals surface area contributed by atoms with Crippen molar-refractivity contribution in [2.75, 3.05) is 7.11 Å². The molecular weight excluding hydrogens is 242 g/mol. The third kappa shape index (κ3) is 2.14.